The van der Waals surface area contributed by atoms with Crippen LogP contribution < -0.4 is 5.32 Å². The maximum Gasteiger partial charge on any atom is 0.339 e. The lowest BCUT2D eigenvalue weighted by Gasteiger charge is -2.17. The monoisotopic (exact) mass is 347 g/mol. The Bertz CT molecular complexity index is 763. The van der Waals surface area contributed by atoms with Crippen LogP contribution in [0.2, 0.25) is 0 Å². The maximum absolute atomic E-state index is 12.0. The predicted octanol–water partition coefficient (Wildman–Crippen LogP) is 3.35. The molecule has 7 heteroatoms. The van der Waals surface area contributed by atoms with Crippen molar-refractivity contribution in [2.75, 3.05) is 11.1 Å². The molecular formula is C17H21N3O3S. The first-order chi connectivity index (χ1) is 11.2. The number of carboxylic acid groups (broad SMARTS) is 1. The fourth-order valence-corrected chi connectivity index (χ4v) is 2.71. The number of aromatic carboxylic acids is 1. The number of nitrogens with zero attached hydrogens (tertiary/aromatic N) is 2. The molecule has 1 heterocycles. The van der Waals surface area contributed by atoms with E-state index in [4.69, 9.17) is 5.11 Å². The standard InChI is InChI=1S/C17H21N3O3S/c1-11-14(16(22)23)9-18-20(11)13-7-5-6-12(8-13)19-15(21)10-24-17(2,3)4/h5-9H,10H2,1-4H3,(H,19,21)(H,22,23). The van der Waals surface area contributed by atoms with Crippen LogP contribution >= 0.6 is 11.8 Å². The first-order valence-corrected chi connectivity index (χ1v) is 8.48. The van der Waals surface area contributed by atoms with Gasteiger partial charge in [0.15, 0.2) is 0 Å². The summed E-state index contributed by atoms with van der Waals surface area (Å²) in [5.41, 5.74) is 2.04. The highest BCUT2D eigenvalue weighted by molar-refractivity contribution is 8.01. The minimum Gasteiger partial charge on any atom is -0.478 e. The summed E-state index contributed by atoms with van der Waals surface area (Å²) in [5, 5.41) is 16.1. The molecule has 0 radical (unpaired) electrons. The van der Waals surface area contributed by atoms with Gasteiger partial charge in [0.2, 0.25) is 5.91 Å². The van der Waals surface area contributed by atoms with Gasteiger partial charge in [-0.15, -0.1) is 11.8 Å². The Kier molecular flexibility index (Phi) is 5.33. The Hall–Kier alpha value is -2.28. The van der Waals surface area contributed by atoms with Crippen LogP contribution in [-0.2, 0) is 4.79 Å². The molecule has 0 unspecified atom stereocenters. The summed E-state index contributed by atoms with van der Waals surface area (Å²) in [6.45, 7) is 7.88. The molecule has 6 nitrogen and oxygen atoms in total. The van der Waals surface area contributed by atoms with Crippen molar-refractivity contribution >= 4 is 29.3 Å². The van der Waals surface area contributed by atoms with Gasteiger partial charge in [0.05, 0.1) is 23.3 Å². The fraction of sp³-hybridized carbons (Fsp3) is 0.353. The average Bonchev–Trinajstić information content (AvgIpc) is 2.87. The summed E-state index contributed by atoms with van der Waals surface area (Å²) in [5.74, 6) is -0.713. The van der Waals surface area contributed by atoms with Crippen molar-refractivity contribution in [2.45, 2.75) is 32.4 Å². The molecule has 0 aliphatic rings. The van der Waals surface area contributed by atoms with Crippen molar-refractivity contribution in [2.24, 2.45) is 0 Å². The minimum absolute atomic E-state index is 0.0264. The largest absolute Gasteiger partial charge is 0.478 e. The molecule has 0 aliphatic carbocycles. The molecule has 0 saturated heterocycles. The van der Waals surface area contributed by atoms with Crippen LogP contribution in [0.3, 0.4) is 0 Å². The lowest BCUT2D eigenvalue weighted by molar-refractivity contribution is -0.113. The molecule has 0 bridgehead atoms. The highest BCUT2D eigenvalue weighted by atomic mass is 32.2. The van der Waals surface area contributed by atoms with E-state index in [9.17, 15) is 9.59 Å². The number of amides is 1. The summed E-state index contributed by atoms with van der Waals surface area (Å²) in [6, 6.07) is 7.17. The Labute approximate surface area is 145 Å². The summed E-state index contributed by atoms with van der Waals surface area (Å²) in [7, 11) is 0. The van der Waals surface area contributed by atoms with Gasteiger partial charge in [-0.3, -0.25) is 4.79 Å². The summed E-state index contributed by atoms with van der Waals surface area (Å²) < 4.78 is 1.57. The molecule has 0 spiro atoms. The Morgan fingerprint density at radius 1 is 1.33 bits per heavy atom. The van der Waals surface area contributed by atoms with E-state index in [0.717, 1.165) is 0 Å². The molecule has 128 valence electrons. The van der Waals surface area contributed by atoms with Crippen molar-refractivity contribution in [3.63, 3.8) is 0 Å². The molecule has 1 aromatic carbocycles. The van der Waals surface area contributed by atoms with E-state index < -0.39 is 5.97 Å². The van der Waals surface area contributed by atoms with E-state index in [0.29, 0.717) is 22.8 Å². The first kappa shape index (κ1) is 18.1. The second-order valence-electron chi connectivity index (χ2n) is 6.36. The summed E-state index contributed by atoms with van der Waals surface area (Å²) >= 11 is 1.58. The van der Waals surface area contributed by atoms with Crippen molar-refractivity contribution in [1.29, 1.82) is 0 Å². The second-order valence-corrected chi connectivity index (χ2v) is 8.16. The van der Waals surface area contributed by atoms with Gasteiger partial charge in [-0.05, 0) is 25.1 Å². The van der Waals surface area contributed by atoms with E-state index in [2.05, 4.69) is 31.2 Å². The molecule has 2 N–H and O–H groups in total. The Morgan fingerprint density at radius 2 is 2.04 bits per heavy atom. The molecule has 2 rings (SSSR count). The SMILES string of the molecule is Cc1c(C(=O)O)cnn1-c1cccc(NC(=O)CSC(C)(C)C)c1. The third-order valence-corrected chi connectivity index (χ3v) is 4.52. The number of hydrogen-bond acceptors (Lipinski definition) is 4. The number of nitrogens with one attached hydrogen (secondary N) is 1. The number of carbonyl (C=O) groups is 2. The number of carbonyl (C=O) groups excluding carboxylic acids is 1. The molecule has 24 heavy (non-hydrogen) atoms. The number of hydrogen-bond donors (Lipinski definition) is 2. The molecule has 1 amide bonds. The highest BCUT2D eigenvalue weighted by Gasteiger charge is 2.15. The smallest absolute Gasteiger partial charge is 0.339 e. The van der Waals surface area contributed by atoms with Crippen LogP contribution in [0, 0.1) is 6.92 Å². The van der Waals surface area contributed by atoms with Crippen LogP contribution in [0.5, 0.6) is 0 Å². The predicted molar refractivity (Wildman–Crippen MR) is 96.1 cm³/mol. The van der Waals surface area contributed by atoms with Gasteiger partial charge >= 0.3 is 5.97 Å². The average molecular weight is 347 g/mol. The van der Waals surface area contributed by atoms with Crippen molar-refractivity contribution in [3.8, 4) is 5.69 Å². The van der Waals surface area contributed by atoms with Gasteiger partial charge in [0.1, 0.15) is 5.56 Å². The van der Waals surface area contributed by atoms with Crippen LogP contribution in [0.4, 0.5) is 5.69 Å². The number of benzene rings is 1. The maximum atomic E-state index is 12.0. The Morgan fingerprint density at radius 3 is 2.62 bits per heavy atom. The topological polar surface area (TPSA) is 84.2 Å². The van der Waals surface area contributed by atoms with E-state index in [-0.39, 0.29) is 16.2 Å². The van der Waals surface area contributed by atoms with Crippen LogP contribution in [0.1, 0.15) is 36.8 Å². The Balaban J connectivity index is 2.15. The zero-order valence-electron chi connectivity index (χ0n) is 14.2. The molecule has 2 aromatic rings. The zero-order chi connectivity index (χ0) is 17.9. The van der Waals surface area contributed by atoms with E-state index in [1.165, 1.54) is 6.20 Å². The summed E-state index contributed by atoms with van der Waals surface area (Å²) in [6.07, 6.45) is 1.32. The minimum atomic E-state index is -1.01. The molecule has 0 atom stereocenters. The molecule has 0 fully saturated rings. The van der Waals surface area contributed by atoms with E-state index >= 15 is 0 Å². The van der Waals surface area contributed by atoms with Crippen molar-refractivity contribution in [3.05, 3.63) is 41.7 Å². The number of rotatable bonds is 5. The van der Waals surface area contributed by atoms with Gasteiger partial charge in [0.25, 0.3) is 0 Å². The second kappa shape index (κ2) is 7.09. The van der Waals surface area contributed by atoms with Gasteiger partial charge in [-0.25, -0.2) is 9.48 Å². The van der Waals surface area contributed by atoms with Gasteiger partial charge < -0.3 is 10.4 Å². The van der Waals surface area contributed by atoms with Crippen LogP contribution in [-0.4, -0.2) is 37.3 Å². The van der Waals surface area contributed by atoms with E-state index in [1.54, 1.807) is 41.6 Å². The molecular weight excluding hydrogens is 326 g/mol. The third-order valence-electron chi connectivity index (χ3n) is 3.25. The molecule has 0 saturated carbocycles. The number of anilines is 1. The van der Waals surface area contributed by atoms with Gasteiger partial charge in [0, 0.05) is 10.4 Å². The normalized spacial score (nSPS) is 11.3. The van der Waals surface area contributed by atoms with E-state index in [1.807, 2.05) is 6.07 Å². The highest BCUT2D eigenvalue weighted by Crippen LogP contribution is 2.23. The first-order valence-electron chi connectivity index (χ1n) is 7.49. The lowest BCUT2D eigenvalue weighted by Crippen LogP contribution is -2.19. The quantitative estimate of drug-likeness (QED) is 0.866. The number of carboxylic acids is 1. The zero-order valence-corrected chi connectivity index (χ0v) is 15.0. The van der Waals surface area contributed by atoms with Gasteiger partial charge in [-0.2, -0.15) is 5.10 Å². The number of aromatic nitrogens is 2. The van der Waals surface area contributed by atoms with Crippen molar-refractivity contribution < 1.29 is 14.7 Å². The van der Waals surface area contributed by atoms with Gasteiger partial charge in [-0.1, -0.05) is 26.8 Å². The lowest BCUT2D eigenvalue weighted by atomic mass is 10.2. The van der Waals surface area contributed by atoms with Crippen LogP contribution in [0.25, 0.3) is 5.69 Å². The fourth-order valence-electron chi connectivity index (χ4n) is 2.07. The molecule has 0 aliphatic heterocycles. The third kappa shape index (κ3) is 4.61. The summed E-state index contributed by atoms with van der Waals surface area (Å²) in [4.78, 5) is 23.2. The number of thioether (sulfide) groups is 1. The molecule has 1 aromatic heterocycles. The van der Waals surface area contributed by atoms with Crippen LogP contribution in [0.15, 0.2) is 30.5 Å². The van der Waals surface area contributed by atoms with Crippen molar-refractivity contribution in [1.82, 2.24) is 9.78 Å².